The molecule has 0 spiro atoms. The normalized spacial score (nSPS) is 16.2. The number of anilines is 1. The molecule has 1 aliphatic carbocycles. The maximum atomic E-state index is 12.5. The van der Waals surface area contributed by atoms with Crippen LogP contribution in [-0.4, -0.2) is 22.9 Å². The fraction of sp³-hybridized carbons (Fsp3) is 0.333. The second kappa shape index (κ2) is 8.30. The van der Waals surface area contributed by atoms with Crippen molar-refractivity contribution in [3.05, 3.63) is 53.0 Å². The third-order valence-corrected chi connectivity index (χ3v) is 7.93. The summed E-state index contributed by atoms with van der Waals surface area (Å²) >= 11 is 3.26. The molecule has 1 fully saturated rings. The topological polar surface area (TPSA) is 92.3 Å². The maximum absolute atomic E-state index is 12.5. The quantitative estimate of drug-likeness (QED) is 0.667. The summed E-state index contributed by atoms with van der Waals surface area (Å²) in [4.78, 5) is 0.251. The van der Waals surface area contributed by atoms with E-state index in [-0.39, 0.29) is 15.8 Å². The average molecular weight is 473 g/mol. The molecule has 1 saturated carbocycles. The summed E-state index contributed by atoms with van der Waals surface area (Å²) in [5.41, 5.74) is 0.300. The van der Waals surface area contributed by atoms with E-state index in [1.54, 1.807) is 12.1 Å². The minimum absolute atomic E-state index is 0.0284. The molecule has 3 rings (SSSR count). The number of rotatable bonds is 6. The molecular formula is C18H21BrN2O4S2. The molecule has 6 nitrogen and oxygen atoms in total. The molecule has 0 atom stereocenters. The Hall–Kier alpha value is -1.42. The molecule has 0 aliphatic heterocycles. The molecule has 27 heavy (non-hydrogen) atoms. The Bertz CT molecular complexity index is 983. The third-order valence-electron chi connectivity index (χ3n) is 4.47. The van der Waals surface area contributed by atoms with Crippen LogP contribution in [0.1, 0.15) is 32.1 Å². The van der Waals surface area contributed by atoms with Crippen molar-refractivity contribution in [2.75, 3.05) is 4.72 Å². The van der Waals surface area contributed by atoms with E-state index in [0.29, 0.717) is 5.69 Å². The Morgan fingerprint density at radius 2 is 1.26 bits per heavy atom. The molecule has 0 heterocycles. The van der Waals surface area contributed by atoms with Crippen LogP contribution < -0.4 is 9.44 Å². The first kappa shape index (κ1) is 20.3. The van der Waals surface area contributed by atoms with E-state index in [2.05, 4.69) is 25.4 Å². The van der Waals surface area contributed by atoms with Crippen LogP contribution in [0.3, 0.4) is 0 Å². The fourth-order valence-corrected chi connectivity index (χ4v) is 5.67. The minimum Gasteiger partial charge on any atom is -0.280 e. The van der Waals surface area contributed by atoms with Crippen molar-refractivity contribution in [2.24, 2.45) is 0 Å². The highest BCUT2D eigenvalue weighted by atomic mass is 79.9. The maximum Gasteiger partial charge on any atom is 0.261 e. The van der Waals surface area contributed by atoms with Crippen molar-refractivity contribution in [1.29, 1.82) is 0 Å². The summed E-state index contributed by atoms with van der Waals surface area (Å²) in [6, 6.07) is 11.9. The van der Waals surface area contributed by atoms with Gasteiger partial charge in [0.15, 0.2) is 0 Å². The number of halogens is 1. The monoisotopic (exact) mass is 472 g/mol. The SMILES string of the molecule is O=S(=O)(Nc1ccc(S(=O)(=O)NC2CCCCC2)cc1)c1ccc(Br)cc1. The highest BCUT2D eigenvalue weighted by Gasteiger charge is 2.22. The van der Waals surface area contributed by atoms with Crippen molar-refractivity contribution in [3.63, 3.8) is 0 Å². The van der Waals surface area contributed by atoms with Crippen molar-refractivity contribution in [1.82, 2.24) is 4.72 Å². The van der Waals surface area contributed by atoms with E-state index in [0.717, 1.165) is 36.6 Å². The Balaban J connectivity index is 1.72. The van der Waals surface area contributed by atoms with Crippen LogP contribution in [0.4, 0.5) is 5.69 Å². The highest BCUT2D eigenvalue weighted by molar-refractivity contribution is 9.10. The van der Waals surface area contributed by atoms with Crippen molar-refractivity contribution >= 4 is 41.7 Å². The van der Waals surface area contributed by atoms with Gasteiger partial charge in [-0.3, -0.25) is 4.72 Å². The van der Waals surface area contributed by atoms with Gasteiger partial charge in [-0.15, -0.1) is 0 Å². The molecule has 0 radical (unpaired) electrons. The zero-order valence-corrected chi connectivity index (χ0v) is 17.8. The molecule has 0 unspecified atom stereocenters. The van der Waals surface area contributed by atoms with E-state index in [1.165, 1.54) is 36.4 Å². The second-order valence-corrected chi connectivity index (χ2v) is 10.9. The first-order valence-electron chi connectivity index (χ1n) is 8.67. The van der Waals surface area contributed by atoms with Crippen LogP contribution in [0.15, 0.2) is 62.8 Å². The molecule has 0 saturated heterocycles. The summed E-state index contributed by atoms with van der Waals surface area (Å²) in [6.07, 6.45) is 4.91. The van der Waals surface area contributed by atoms with E-state index < -0.39 is 20.0 Å². The molecule has 0 aromatic heterocycles. The molecule has 2 N–H and O–H groups in total. The van der Waals surface area contributed by atoms with Gasteiger partial charge in [0.25, 0.3) is 10.0 Å². The Kier molecular flexibility index (Phi) is 6.25. The third kappa shape index (κ3) is 5.31. The number of hydrogen-bond donors (Lipinski definition) is 2. The van der Waals surface area contributed by atoms with Gasteiger partial charge < -0.3 is 0 Å². The molecule has 2 aromatic carbocycles. The molecule has 0 amide bonds. The number of nitrogens with one attached hydrogen (secondary N) is 2. The second-order valence-electron chi connectivity index (χ2n) is 6.54. The number of hydrogen-bond acceptors (Lipinski definition) is 4. The van der Waals surface area contributed by atoms with Gasteiger partial charge in [0.1, 0.15) is 0 Å². The molecule has 9 heteroatoms. The van der Waals surface area contributed by atoms with Crippen LogP contribution in [0.2, 0.25) is 0 Å². The highest BCUT2D eigenvalue weighted by Crippen LogP contribution is 2.22. The Morgan fingerprint density at radius 1 is 0.741 bits per heavy atom. The lowest BCUT2D eigenvalue weighted by atomic mass is 9.96. The van der Waals surface area contributed by atoms with Gasteiger partial charge in [-0.25, -0.2) is 21.6 Å². The van der Waals surface area contributed by atoms with E-state index in [4.69, 9.17) is 0 Å². The Labute approximate surface area is 168 Å². The van der Waals surface area contributed by atoms with Gasteiger partial charge in [0.2, 0.25) is 10.0 Å². The number of benzene rings is 2. The smallest absolute Gasteiger partial charge is 0.261 e. The summed E-state index contributed by atoms with van der Waals surface area (Å²) in [7, 11) is -7.35. The largest absolute Gasteiger partial charge is 0.280 e. The van der Waals surface area contributed by atoms with Crippen LogP contribution in [0.5, 0.6) is 0 Å². The molecular weight excluding hydrogens is 452 g/mol. The van der Waals surface area contributed by atoms with Gasteiger partial charge in [-0.1, -0.05) is 35.2 Å². The van der Waals surface area contributed by atoms with Gasteiger partial charge in [0, 0.05) is 16.2 Å². The van der Waals surface area contributed by atoms with Gasteiger partial charge in [-0.2, -0.15) is 0 Å². The first-order valence-corrected chi connectivity index (χ1v) is 12.4. The zero-order chi connectivity index (χ0) is 19.5. The van der Waals surface area contributed by atoms with Gasteiger partial charge in [-0.05, 0) is 61.4 Å². The fourth-order valence-electron chi connectivity index (χ4n) is 3.04. The van der Waals surface area contributed by atoms with Crippen LogP contribution in [0.25, 0.3) is 0 Å². The van der Waals surface area contributed by atoms with Crippen molar-refractivity contribution in [3.8, 4) is 0 Å². The predicted octanol–water partition coefficient (Wildman–Crippen LogP) is 3.86. The van der Waals surface area contributed by atoms with Gasteiger partial charge >= 0.3 is 0 Å². The lowest BCUT2D eigenvalue weighted by Crippen LogP contribution is -2.36. The molecule has 1 aliphatic rings. The van der Waals surface area contributed by atoms with Crippen LogP contribution >= 0.6 is 15.9 Å². The lowest BCUT2D eigenvalue weighted by molar-refractivity contribution is 0.412. The van der Waals surface area contributed by atoms with E-state index in [9.17, 15) is 16.8 Å². The number of sulfonamides is 2. The lowest BCUT2D eigenvalue weighted by Gasteiger charge is -2.22. The standard InChI is InChI=1S/C18H21BrN2O4S2/c19-14-6-10-17(11-7-14)26(22,23)21-16-8-12-18(13-9-16)27(24,25)20-15-4-2-1-3-5-15/h6-13,15,20-21H,1-5H2. The predicted molar refractivity (Wildman–Crippen MR) is 109 cm³/mol. The summed E-state index contributed by atoms with van der Waals surface area (Å²) in [5, 5.41) is 0. The van der Waals surface area contributed by atoms with Crippen LogP contribution in [0, 0.1) is 0 Å². The Morgan fingerprint density at radius 3 is 1.85 bits per heavy atom. The zero-order valence-electron chi connectivity index (χ0n) is 14.6. The molecule has 146 valence electrons. The first-order chi connectivity index (χ1) is 12.8. The summed E-state index contributed by atoms with van der Waals surface area (Å²) < 4.78 is 55.8. The summed E-state index contributed by atoms with van der Waals surface area (Å²) in [6.45, 7) is 0. The minimum atomic E-state index is -3.74. The van der Waals surface area contributed by atoms with E-state index in [1.807, 2.05) is 0 Å². The van der Waals surface area contributed by atoms with Crippen LogP contribution in [-0.2, 0) is 20.0 Å². The van der Waals surface area contributed by atoms with Crippen molar-refractivity contribution < 1.29 is 16.8 Å². The van der Waals surface area contributed by atoms with E-state index >= 15 is 0 Å². The molecule has 0 bridgehead atoms. The average Bonchev–Trinajstić information content (AvgIpc) is 2.63. The molecule has 2 aromatic rings. The van der Waals surface area contributed by atoms with Gasteiger partial charge in [0.05, 0.1) is 9.79 Å². The van der Waals surface area contributed by atoms with Crippen molar-refractivity contribution in [2.45, 2.75) is 47.9 Å². The summed E-state index contributed by atoms with van der Waals surface area (Å²) in [5.74, 6) is 0.